The topological polar surface area (TPSA) is 87.7 Å². The minimum absolute atomic E-state index is 0.109. The van der Waals surface area contributed by atoms with Gasteiger partial charge in [-0.05, 0) is 94.0 Å². The van der Waals surface area contributed by atoms with Gasteiger partial charge >= 0.3 is 0 Å². The molecule has 41 heavy (non-hydrogen) atoms. The first-order chi connectivity index (χ1) is 20.0. The van der Waals surface area contributed by atoms with Crippen molar-refractivity contribution in [3.8, 4) is 5.75 Å². The third-order valence-corrected chi connectivity index (χ3v) is 8.05. The maximum absolute atomic E-state index is 13.7. The number of fused-ring (bicyclic) bond motifs is 1. The maximum atomic E-state index is 13.7. The molecular weight excluding hydrogens is 514 g/mol. The number of nitrogens with zero attached hydrogens (tertiary/aromatic N) is 4. The van der Waals surface area contributed by atoms with Gasteiger partial charge in [-0.2, -0.15) is 0 Å². The van der Waals surface area contributed by atoms with Crippen molar-refractivity contribution in [2.24, 2.45) is 5.41 Å². The molecule has 0 saturated carbocycles. The molecule has 0 aliphatic carbocycles. The zero-order valence-corrected chi connectivity index (χ0v) is 24.9. The van der Waals surface area contributed by atoms with Crippen LogP contribution in [-0.4, -0.2) is 48.0 Å². The van der Waals surface area contributed by atoms with E-state index >= 15 is 0 Å². The standard InChI is InChI=1S/C33H43N5O3/c1-5-33(6-2)31(39)37(7-3)29-15-14-28(22-30(29)38(8-4)32(33)40)41-20-10-18-35-24-26-16-19-36-27(21-26)13-12-25-11-9-17-34-23-25/h9,11,14-17,19,21-23,35H,5-8,10,12-13,18,20,24H2,1-4H3. The van der Waals surface area contributed by atoms with Gasteiger partial charge in [0.05, 0.1) is 18.0 Å². The van der Waals surface area contributed by atoms with Crippen molar-refractivity contribution < 1.29 is 14.3 Å². The molecule has 218 valence electrons. The number of benzene rings is 1. The van der Waals surface area contributed by atoms with Gasteiger partial charge < -0.3 is 19.9 Å². The molecule has 1 N–H and O–H groups in total. The van der Waals surface area contributed by atoms with Crippen LogP contribution < -0.4 is 19.9 Å². The molecule has 1 aromatic carbocycles. The lowest BCUT2D eigenvalue weighted by atomic mass is 9.79. The SMILES string of the molecule is CCN1C(=O)C(CC)(CC)C(=O)N(CC)c2cc(OCCCNCc3ccnc(CCc4cccnc4)c3)ccc21. The van der Waals surface area contributed by atoms with Crippen LogP contribution in [0.4, 0.5) is 11.4 Å². The van der Waals surface area contributed by atoms with Crippen LogP contribution in [0.3, 0.4) is 0 Å². The van der Waals surface area contributed by atoms with E-state index in [1.807, 2.05) is 70.4 Å². The van der Waals surface area contributed by atoms with Gasteiger partial charge in [0.25, 0.3) is 0 Å². The van der Waals surface area contributed by atoms with E-state index in [0.29, 0.717) is 38.3 Å². The maximum Gasteiger partial charge on any atom is 0.242 e. The summed E-state index contributed by atoms with van der Waals surface area (Å²) in [5, 5.41) is 3.49. The molecule has 0 spiro atoms. The molecule has 3 aromatic rings. The lowest BCUT2D eigenvalue weighted by Crippen LogP contribution is -2.51. The smallest absolute Gasteiger partial charge is 0.242 e. The summed E-state index contributed by atoms with van der Waals surface area (Å²) in [5.41, 5.74) is 3.98. The molecule has 1 aliphatic heterocycles. The van der Waals surface area contributed by atoms with Crippen molar-refractivity contribution in [3.63, 3.8) is 0 Å². The van der Waals surface area contributed by atoms with Gasteiger partial charge in [-0.25, -0.2) is 0 Å². The van der Waals surface area contributed by atoms with Crippen LogP contribution in [0, 0.1) is 5.41 Å². The van der Waals surface area contributed by atoms with Gasteiger partial charge in [-0.3, -0.25) is 19.6 Å². The van der Waals surface area contributed by atoms with Gasteiger partial charge in [-0.1, -0.05) is 19.9 Å². The molecule has 4 rings (SSSR count). The third-order valence-electron chi connectivity index (χ3n) is 8.05. The molecule has 0 saturated heterocycles. The summed E-state index contributed by atoms with van der Waals surface area (Å²) in [4.78, 5) is 39.5. The highest BCUT2D eigenvalue weighted by molar-refractivity contribution is 6.20. The first kappa shape index (κ1) is 30.2. The summed E-state index contributed by atoms with van der Waals surface area (Å²) in [6, 6.07) is 14.0. The number of carbonyl (C=O) groups is 2. The Balaban J connectivity index is 1.31. The molecule has 0 fully saturated rings. The number of amides is 2. The summed E-state index contributed by atoms with van der Waals surface area (Å²) in [5.74, 6) is 0.470. The molecule has 3 heterocycles. The summed E-state index contributed by atoms with van der Waals surface area (Å²) in [6.07, 6.45) is 9.17. The Morgan fingerprint density at radius 1 is 0.854 bits per heavy atom. The van der Waals surface area contributed by atoms with Crippen LogP contribution in [-0.2, 0) is 29.0 Å². The number of ether oxygens (including phenoxy) is 1. The third kappa shape index (κ3) is 6.76. The van der Waals surface area contributed by atoms with Crippen LogP contribution in [0.25, 0.3) is 0 Å². The number of hydrogen-bond donors (Lipinski definition) is 1. The number of carbonyl (C=O) groups excluding carboxylic acids is 2. The second-order valence-corrected chi connectivity index (χ2v) is 10.4. The second-order valence-electron chi connectivity index (χ2n) is 10.4. The zero-order chi connectivity index (χ0) is 29.2. The molecule has 0 bridgehead atoms. The fourth-order valence-corrected chi connectivity index (χ4v) is 5.56. The Kier molecular flexibility index (Phi) is 10.5. The van der Waals surface area contributed by atoms with Crippen molar-refractivity contribution in [1.29, 1.82) is 0 Å². The van der Waals surface area contributed by atoms with Gasteiger partial charge in [0.1, 0.15) is 11.2 Å². The minimum Gasteiger partial charge on any atom is -0.493 e. The summed E-state index contributed by atoms with van der Waals surface area (Å²) in [6.45, 7) is 10.9. The van der Waals surface area contributed by atoms with Crippen LogP contribution in [0.5, 0.6) is 5.75 Å². The largest absolute Gasteiger partial charge is 0.493 e. The van der Waals surface area contributed by atoms with E-state index in [4.69, 9.17) is 4.74 Å². The predicted octanol–water partition coefficient (Wildman–Crippen LogP) is 5.35. The second kappa shape index (κ2) is 14.2. The average Bonchev–Trinajstić information content (AvgIpc) is 3.08. The molecular formula is C33H43N5O3. The summed E-state index contributed by atoms with van der Waals surface area (Å²) in [7, 11) is 0. The average molecular weight is 558 g/mol. The number of rotatable bonds is 14. The normalized spacial score (nSPS) is 14.6. The number of aryl methyl sites for hydroxylation is 2. The van der Waals surface area contributed by atoms with E-state index in [1.165, 1.54) is 11.1 Å². The highest BCUT2D eigenvalue weighted by Gasteiger charge is 2.50. The highest BCUT2D eigenvalue weighted by Crippen LogP contribution is 2.43. The van der Waals surface area contributed by atoms with E-state index in [2.05, 4.69) is 27.4 Å². The van der Waals surface area contributed by atoms with Gasteiger partial charge in [-0.15, -0.1) is 0 Å². The number of anilines is 2. The van der Waals surface area contributed by atoms with E-state index in [1.54, 1.807) is 16.0 Å². The minimum atomic E-state index is -1.04. The summed E-state index contributed by atoms with van der Waals surface area (Å²) < 4.78 is 6.09. The lowest BCUT2D eigenvalue weighted by molar-refractivity contribution is -0.140. The zero-order valence-electron chi connectivity index (χ0n) is 24.9. The molecule has 2 amide bonds. The Morgan fingerprint density at radius 2 is 1.61 bits per heavy atom. The van der Waals surface area contributed by atoms with Crippen LogP contribution in [0.1, 0.15) is 63.8 Å². The Morgan fingerprint density at radius 3 is 2.29 bits per heavy atom. The molecule has 8 heteroatoms. The van der Waals surface area contributed by atoms with Gasteiger partial charge in [0.15, 0.2) is 0 Å². The van der Waals surface area contributed by atoms with Crippen LogP contribution in [0.2, 0.25) is 0 Å². The van der Waals surface area contributed by atoms with Crippen molar-refractivity contribution in [1.82, 2.24) is 15.3 Å². The molecule has 1 aliphatic rings. The fourth-order valence-electron chi connectivity index (χ4n) is 5.56. The van der Waals surface area contributed by atoms with Gasteiger partial charge in [0.2, 0.25) is 11.8 Å². The molecule has 2 aromatic heterocycles. The number of hydrogen-bond acceptors (Lipinski definition) is 6. The van der Waals surface area contributed by atoms with Crippen molar-refractivity contribution in [2.45, 2.75) is 66.3 Å². The van der Waals surface area contributed by atoms with Crippen molar-refractivity contribution >= 4 is 23.2 Å². The van der Waals surface area contributed by atoms with E-state index in [0.717, 1.165) is 49.4 Å². The molecule has 0 atom stereocenters. The molecule has 0 unspecified atom stereocenters. The Labute approximate surface area is 244 Å². The van der Waals surface area contributed by atoms with Crippen molar-refractivity contribution in [2.75, 3.05) is 36.0 Å². The quantitative estimate of drug-likeness (QED) is 0.213. The molecule has 8 nitrogen and oxygen atoms in total. The lowest BCUT2D eigenvalue weighted by Gasteiger charge is -2.33. The monoisotopic (exact) mass is 557 g/mol. The predicted molar refractivity (Wildman–Crippen MR) is 163 cm³/mol. The highest BCUT2D eigenvalue weighted by atomic mass is 16.5. The summed E-state index contributed by atoms with van der Waals surface area (Å²) >= 11 is 0. The first-order valence-electron chi connectivity index (χ1n) is 14.9. The fraction of sp³-hybridized carbons (Fsp3) is 0.455. The number of pyridine rings is 2. The number of nitrogens with one attached hydrogen (secondary N) is 1. The van der Waals surface area contributed by atoms with E-state index in [9.17, 15) is 9.59 Å². The van der Waals surface area contributed by atoms with Gasteiger partial charge in [0, 0.05) is 50.0 Å². The van der Waals surface area contributed by atoms with E-state index < -0.39 is 5.41 Å². The molecule has 0 radical (unpaired) electrons. The van der Waals surface area contributed by atoms with Crippen LogP contribution in [0.15, 0.2) is 61.1 Å². The van der Waals surface area contributed by atoms with E-state index in [-0.39, 0.29) is 11.8 Å². The number of aromatic nitrogens is 2. The first-order valence-corrected chi connectivity index (χ1v) is 14.9. The van der Waals surface area contributed by atoms with Crippen LogP contribution >= 0.6 is 0 Å². The Hall–Kier alpha value is -3.78. The Bertz CT molecular complexity index is 1310. The van der Waals surface area contributed by atoms with Crippen molar-refractivity contribution in [3.05, 3.63) is 77.9 Å².